The molecule has 0 saturated heterocycles. The van der Waals surface area contributed by atoms with Crippen molar-refractivity contribution in [1.29, 1.82) is 0 Å². The first-order valence-electron chi connectivity index (χ1n) is 6.57. The number of hydrogen-bond donors (Lipinski definition) is 2. The number of rotatable bonds is 6. The van der Waals surface area contributed by atoms with Crippen molar-refractivity contribution in [3.8, 4) is 0 Å². The van der Waals surface area contributed by atoms with E-state index in [2.05, 4.69) is 26.1 Å². The average Bonchev–Trinajstić information content (AvgIpc) is 2.65. The number of hydrogen-bond acceptors (Lipinski definition) is 2. The third-order valence-electron chi connectivity index (χ3n) is 4.04. The predicted molar refractivity (Wildman–Crippen MR) is 65.0 cm³/mol. The molecule has 0 bridgehead atoms. The van der Waals surface area contributed by atoms with Crippen LogP contribution in [0.25, 0.3) is 0 Å². The highest BCUT2D eigenvalue weighted by molar-refractivity contribution is 4.87. The zero-order valence-corrected chi connectivity index (χ0v) is 10.6. The maximum absolute atomic E-state index is 10.2. The van der Waals surface area contributed by atoms with Gasteiger partial charge in [0.1, 0.15) is 0 Å². The van der Waals surface area contributed by atoms with Crippen molar-refractivity contribution in [1.82, 2.24) is 5.32 Å². The first-order chi connectivity index (χ1) is 7.11. The van der Waals surface area contributed by atoms with Gasteiger partial charge in [-0.05, 0) is 25.7 Å². The van der Waals surface area contributed by atoms with E-state index in [0.717, 1.165) is 25.3 Å². The van der Waals surface area contributed by atoms with E-state index in [0.29, 0.717) is 6.04 Å². The van der Waals surface area contributed by atoms with Gasteiger partial charge < -0.3 is 10.4 Å². The second-order valence-corrected chi connectivity index (χ2v) is 5.18. The van der Waals surface area contributed by atoms with Crippen molar-refractivity contribution in [3.63, 3.8) is 0 Å². The Morgan fingerprint density at radius 1 is 1.20 bits per heavy atom. The fourth-order valence-corrected chi connectivity index (χ4v) is 2.72. The highest BCUT2D eigenvalue weighted by atomic mass is 16.3. The van der Waals surface area contributed by atoms with Crippen molar-refractivity contribution < 1.29 is 5.11 Å². The Hall–Kier alpha value is -0.0800. The van der Waals surface area contributed by atoms with E-state index in [1.165, 1.54) is 25.7 Å². The summed E-state index contributed by atoms with van der Waals surface area (Å²) in [6, 6.07) is 0.532. The standard InChI is InChI=1S/C13H27NO/c1-4-12(5-2)11(3)14-10-13(15)8-6-7-9-13/h11-12,14-15H,4-10H2,1-3H3. The molecule has 1 unspecified atom stereocenters. The van der Waals surface area contributed by atoms with Crippen LogP contribution in [0.1, 0.15) is 59.3 Å². The summed E-state index contributed by atoms with van der Waals surface area (Å²) in [7, 11) is 0. The fraction of sp³-hybridized carbons (Fsp3) is 1.00. The van der Waals surface area contributed by atoms with Crippen LogP contribution in [0.4, 0.5) is 0 Å². The quantitative estimate of drug-likeness (QED) is 0.711. The van der Waals surface area contributed by atoms with Crippen LogP contribution < -0.4 is 5.32 Å². The minimum atomic E-state index is -0.402. The number of aliphatic hydroxyl groups is 1. The lowest BCUT2D eigenvalue weighted by Gasteiger charge is -2.28. The van der Waals surface area contributed by atoms with Gasteiger partial charge in [0.05, 0.1) is 5.60 Å². The van der Waals surface area contributed by atoms with Gasteiger partial charge in [0.15, 0.2) is 0 Å². The van der Waals surface area contributed by atoms with Crippen molar-refractivity contribution in [2.75, 3.05) is 6.54 Å². The zero-order valence-electron chi connectivity index (χ0n) is 10.6. The molecule has 2 heteroatoms. The minimum absolute atomic E-state index is 0.402. The molecule has 0 aromatic heterocycles. The van der Waals surface area contributed by atoms with E-state index >= 15 is 0 Å². The van der Waals surface area contributed by atoms with Crippen LogP contribution in [0.5, 0.6) is 0 Å². The SMILES string of the molecule is CCC(CC)C(C)NCC1(O)CCCC1. The Morgan fingerprint density at radius 3 is 2.20 bits per heavy atom. The summed E-state index contributed by atoms with van der Waals surface area (Å²) in [4.78, 5) is 0. The Bertz CT molecular complexity index is 171. The third kappa shape index (κ3) is 3.76. The first kappa shape index (κ1) is 13.0. The molecule has 90 valence electrons. The summed E-state index contributed by atoms with van der Waals surface area (Å²) < 4.78 is 0. The molecule has 1 saturated carbocycles. The lowest BCUT2D eigenvalue weighted by molar-refractivity contribution is 0.0430. The first-order valence-corrected chi connectivity index (χ1v) is 6.57. The normalized spacial score (nSPS) is 22.2. The summed E-state index contributed by atoms with van der Waals surface area (Å²) in [5.41, 5.74) is -0.402. The second-order valence-electron chi connectivity index (χ2n) is 5.18. The van der Waals surface area contributed by atoms with Gasteiger partial charge in [0.2, 0.25) is 0 Å². The summed E-state index contributed by atoms with van der Waals surface area (Å²) in [6.45, 7) is 7.52. The molecule has 0 radical (unpaired) electrons. The third-order valence-corrected chi connectivity index (χ3v) is 4.04. The van der Waals surface area contributed by atoms with Gasteiger partial charge in [-0.3, -0.25) is 0 Å². The molecule has 0 heterocycles. The molecule has 0 amide bonds. The monoisotopic (exact) mass is 213 g/mol. The molecule has 0 aromatic carbocycles. The van der Waals surface area contributed by atoms with Crippen molar-refractivity contribution >= 4 is 0 Å². The van der Waals surface area contributed by atoms with Gasteiger partial charge in [-0.2, -0.15) is 0 Å². The molecule has 0 spiro atoms. The summed E-state index contributed by atoms with van der Waals surface area (Å²) in [5.74, 6) is 0.745. The molecule has 1 atom stereocenters. The molecule has 1 aliphatic carbocycles. The van der Waals surface area contributed by atoms with Gasteiger partial charge in [0.25, 0.3) is 0 Å². The lowest BCUT2D eigenvalue weighted by atomic mass is 9.94. The molecular formula is C13H27NO. The van der Waals surface area contributed by atoms with Gasteiger partial charge in [0, 0.05) is 12.6 Å². The molecule has 2 nitrogen and oxygen atoms in total. The van der Waals surface area contributed by atoms with Gasteiger partial charge >= 0.3 is 0 Å². The maximum Gasteiger partial charge on any atom is 0.0771 e. The van der Waals surface area contributed by atoms with Gasteiger partial charge in [-0.1, -0.05) is 39.5 Å². The average molecular weight is 213 g/mol. The van der Waals surface area contributed by atoms with Crippen LogP contribution >= 0.6 is 0 Å². The van der Waals surface area contributed by atoms with E-state index in [4.69, 9.17) is 0 Å². The Balaban J connectivity index is 2.29. The maximum atomic E-state index is 10.2. The van der Waals surface area contributed by atoms with Crippen LogP contribution in [-0.4, -0.2) is 23.3 Å². The van der Waals surface area contributed by atoms with E-state index < -0.39 is 5.60 Å². The molecule has 0 aromatic rings. The van der Waals surface area contributed by atoms with E-state index in [-0.39, 0.29) is 0 Å². The molecule has 0 aliphatic heterocycles. The van der Waals surface area contributed by atoms with Gasteiger partial charge in [-0.15, -0.1) is 0 Å². The second kappa shape index (κ2) is 5.86. The summed E-state index contributed by atoms with van der Waals surface area (Å²) in [6.07, 6.45) is 6.80. The fourth-order valence-electron chi connectivity index (χ4n) is 2.72. The minimum Gasteiger partial charge on any atom is -0.389 e. The lowest BCUT2D eigenvalue weighted by Crippen LogP contribution is -2.44. The van der Waals surface area contributed by atoms with Crippen molar-refractivity contribution in [2.24, 2.45) is 5.92 Å². The molecule has 1 aliphatic rings. The van der Waals surface area contributed by atoms with Gasteiger partial charge in [-0.25, -0.2) is 0 Å². The smallest absolute Gasteiger partial charge is 0.0771 e. The highest BCUT2D eigenvalue weighted by Gasteiger charge is 2.31. The Labute approximate surface area is 94.5 Å². The van der Waals surface area contributed by atoms with Crippen LogP contribution in [0.3, 0.4) is 0 Å². The van der Waals surface area contributed by atoms with E-state index in [1.54, 1.807) is 0 Å². The topological polar surface area (TPSA) is 32.3 Å². The van der Waals surface area contributed by atoms with Crippen LogP contribution in [-0.2, 0) is 0 Å². The van der Waals surface area contributed by atoms with E-state index in [9.17, 15) is 5.11 Å². The largest absolute Gasteiger partial charge is 0.389 e. The van der Waals surface area contributed by atoms with Crippen molar-refractivity contribution in [2.45, 2.75) is 70.9 Å². The molecule has 1 fully saturated rings. The Morgan fingerprint density at radius 2 is 1.73 bits per heavy atom. The van der Waals surface area contributed by atoms with Crippen LogP contribution in [0.15, 0.2) is 0 Å². The summed E-state index contributed by atoms with van der Waals surface area (Å²) >= 11 is 0. The molecular weight excluding hydrogens is 186 g/mol. The summed E-state index contributed by atoms with van der Waals surface area (Å²) in [5, 5.41) is 13.7. The molecule has 2 N–H and O–H groups in total. The number of nitrogens with one attached hydrogen (secondary N) is 1. The molecule has 15 heavy (non-hydrogen) atoms. The van der Waals surface area contributed by atoms with Crippen LogP contribution in [0.2, 0.25) is 0 Å². The highest BCUT2D eigenvalue weighted by Crippen LogP contribution is 2.29. The Kier molecular flexibility index (Phi) is 5.07. The predicted octanol–water partition coefficient (Wildman–Crippen LogP) is 2.71. The van der Waals surface area contributed by atoms with Crippen LogP contribution in [0, 0.1) is 5.92 Å². The van der Waals surface area contributed by atoms with E-state index in [1.807, 2.05) is 0 Å². The zero-order chi connectivity index (χ0) is 11.3. The van der Waals surface area contributed by atoms with Crippen molar-refractivity contribution in [3.05, 3.63) is 0 Å². The molecule has 1 rings (SSSR count).